The van der Waals surface area contributed by atoms with E-state index in [1.807, 2.05) is 36.4 Å². The van der Waals surface area contributed by atoms with Crippen molar-refractivity contribution in [2.24, 2.45) is 9.98 Å². The predicted molar refractivity (Wildman–Crippen MR) is 183 cm³/mol. The molecule has 43 heavy (non-hydrogen) atoms. The molecule has 0 heterocycles. The van der Waals surface area contributed by atoms with Gasteiger partial charge in [-0.05, 0) is 84.2 Å². The van der Waals surface area contributed by atoms with Crippen molar-refractivity contribution in [2.75, 3.05) is 0 Å². The number of phenols is 2. The second-order valence-electron chi connectivity index (χ2n) is 13.0. The quantitative estimate of drug-likeness (QED) is 0.173. The molecule has 3 aromatic rings. The number of aliphatic imine (C=N–C) groups is 2. The summed E-state index contributed by atoms with van der Waals surface area (Å²) in [5, 5.41) is 22.6. The number of hydrogen-bond donors (Lipinski definition) is 2. The van der Waals surface area contributed by atoms with Gasteiger partial charge in [0.25, 0.3) is 0 Å². The van der Waals surface area contributed by atoms with Crippen LogP contribution in [0.15, 0.2) is 58.5 Å². The molecule has 237 valence electrons. The average Bonchev–Trinajstić information content (AvgIpc) is 2.95. The molecule has 0 aliphatic carbocycles. The third-order valence-corrected chi connectivity index (χ3v) is 9.28. The van der Waals surface area contributed by atoms with Crippen molar-refractivity contribution in [3.05, 3.63) is 89.3 Å². The van der Waals surface area contributed by atoms with E-state index in [9.17, 15) is 10.2 Å². The summed E-state index contributed by atoms with van der Waals surface area (Å²) in [6, 6.07) is 16.0. The van der Waals surface area contributed by atoms with E-state index in [2.05, 4.69) is 81.4 Å². The normalized spacial score (nSPS) is 12.4. The van der Waals surface area contributed by atoms with E-state index in [4.69, 9.17) is 9.98 Å². The summed E-state index contributed by atoms with van der Waals surface area (Å²) in [6.07, 6.45) is 7.23. The van der Waals surface area contributed by atoms with Crippen LogP contribution in [-0.4, -0.2) is 22.6 Å². The first-order valence-electron chi connectivity index (χ1n) is 15.1. The first-order valence-corrected chi connectivity index (χ1v) is 15.1. The van der Waals surface area contributed by atoms with Gasteiger partial charge in [0, 0.05) is 51.5 Å². The van der Waals surface area contributed by atoms with E-state index in [0.717, 1.165) is 42.4 Å². The fourth-order valence-corrected chi connectivity index (χ4v) is 5.24. The summed E-state index contributed by atoms with van der Waals surface area (Å²) in [7, 11) is 0. The number of nitrogens with zero attached hydrogens (tertiary/aromatic N) is 2. The van der Waals surface area contributed by atoms with Gasteiger partial charge in [-0.1, -0.05) is 86.6 Å². The Labute approximate surface area is 272 Å². The van der Waals surface area contributed by atoms with Crippen molar-refractivity contribution >= 4 is 23.8 Å². The van der Waals surface area contributed by atoms with Crippen LogP contribution in [0.5, 0.6) is 11.5 Å². The van der Waals surface area contributed by atoms with E-state index >= 15 is 0 Å². The Bertz CT molecular complexity index is 1420. The molecule has 3 aromatic carbocycles. The third-order valence-electron chi connectivity index (χ3n) is 9.28. The molecular weight excluding hydrogens is 575 g/mol. The van der Waals surface area contributed by atoms with Crippen molar-refractivity contribution in [1.29, 1.82) is 0 Å². The molecule has 0 atom stereocenters. The van der Waals surface area contributed by atoms with E-state index in [1.54, 1.807) is 12.4 Å². The second-order valence-corrected chi connectivity index (χ2v) is 13.0. The smallest absolute Gasteiger partial charge is 0.128 e. The van der Waals surface area contributed by atoms with Crippen LogP contribution in [0.2, 0.25) is 0 Å². The van der Waals surface area contributed by atoms with Gasteiger partial charge >= 0.3 is 0 Å². The largest absolute Gasteiger partial charge is 0.507 e. The summed E-state index contributed by atoms with van der Waals surface area (Å²) in [4.78, 5) is 9.58. The maximum atomic E-state index is 11.4. The van der Waals surface area contributed by atoms with Gasteiger partial charge < -0.3 is 17.6 Å². The Morgan fingerprint density at radius 1 is 0.651 bits per heavy atom. The third kappa shape index (κ3) is 8.39. The molecule has 2 N–H and O–H groups in total. The Hall–Kier alpha value is -2.89. The predicted octanol–water partition coefficient (Wildman–Crippen LogP) is 10.8. The topological polar surface area (TPSA) is 65.2 Å². The number of benzene rings is 3. The van der Waals surface area contributed by atoms with Crippen LogP contribution in [0.3, 0.4) is 0 Å². The number of para-hydroxylation sites is 2. The van der Waals surface area contributed by atoms with Crippen LogP contribution in [-0.2, 0) is 33.0 Å². The zero-order chi connectivity index (χ0) is 30.6. The molecule has 0 saturated heterocycles. The van der Waals surface area contributed by atoms with Crippen LogP contribution in [0.4, 0.5) is 11.4 Å². The molecule has 0 saturated carbocycles. The minimum absolute atomic E-state index is 0. The Balaban J connectivity index is 0.00000462. The Morgan fingerprint density at radius 2 is 1.05 bits per heavy atom. The Morgan fingerprint density at radius 3 is 1.44 bits per heavy atom. The van der Waals surface area contributed by atoms with Crippen LogP contribution < -0.4 is 0 Å². The zero-order valence-corrected chi connectivity index (χ0v) is 29.3. The molecule has 0 fully saturated rings. The number of phenolic OH excluding ortho intramolecular Hbond substituents is 2. The van der Waals surface area contributed by atoms with Gasteiger partial charge in [0.05, 0.1) is 11.4 Å². The zero-order valence-electron chi connectivity index (χ0n) is 28.2. The molecule has 5 heteroatoms. The molecule has 0 amide bonds. The van der Waals surface area contributed by atoms with E-state index < -0.39 is 0 Å². The summed E-state index contributed by atoms with van der Waals surface area (Å²) >= 11 is 0. The fourth-order valence-electron chi connectivity index (χ4n) is 5.24. The minimum Gasteiger partial charge on any atom is -0.507 e. The molecular formula is C38H53CoN2O2-. The van der Waals surface area contributed by atoms with Crippen molar-refractivity contribution in [3.63, 3.8) is 0 Å². The maximum absolute atomic E-state index is 11.4. The molecule has 3 rings (SSSR count). The molecule has 0 aliphatic rings. The second kappa shape index (κ2) is 15.2. The average molecular weight is 629 g/mol. The van der Waals surface area contributed by atoms with E-state index in [1.165, 1.54) is 5.56 Å². The van der Waals surface area contributed by atoms with Crippen molar-refractivity contribution in [2.45, 2.75) is 111 Å². The van der Waals surface area contributed by atoms with Crippen LogP contribution >= 0.6 is 0 Å². The van der Waals surface area contributed by atoms with Crippen molar-refractivity contribution in [3.8, 4) is 11.5 Å². The summed E-state index contributed by atoms with van der Waals surface area (Å²) in [5.74, 6) is 0.582. The summed E-state index contributed by atoms with van der Waals surface area (Å²) < 4.78 is 0. The van der Waals surface area contributed by atoms with Crippen LogP contribution in [0.1, 0.15) is 121 Å². The standard InChI is InChI=1S/C37H50N2O2.CH3.Co/c1-11-36(9,12-2)29-20-25(5)19-26(33(29)40)23-38-31-17-15-16-18-32(31)39-24-27-21-28(35(6,7)8)22-30(34(27)41)37(10,13-3)14-4;;/h15-24,40-41H,11-14H2,1-10H3;1H3;/q;-1;. The molecule has 1 radical (unpaired) electrons. The van der Waals surface area contributed by atoms with Gasteiger partial charge in [-0.3, -0.25) is 9.98 Å². The summed E-state index contributed by atoms with van der Waals surface area (Å²) in [5.41, 5.74) is 6.69. The number of hydrogen-bond acceptors (Lipinski definition) is 4. The van der Waals surface area contributed by atoms with Gasteiger partial charge in [-0.15, -0.1) is 0 Å². The van der Waals surface area contributed by atoms with Gasteiger partial charge in [0.15, 0.2) is 0 Å². The van der Waals surface area contributed by atoms with Gasteiger partial charge in [-0.25, -0.2) is 0 Å². The van der Waals surface area contributed by atoms with Crippen LogP contribution in [0, 0.1) is 14.4 Å². The first-order chi connectivity index (χ1) is 19.2. The molecule has 4 nitrogen and oxygen atoms in total. The Kier molecular flexibility index (Phi) is 13.5. The van der Waals surface area contributed by atoms with Gasteiger partial charge in [-0.2, -0.15) is 0 Å². The summed E-state index contributed by atoms with van der Waals surface area (Å²) in [6.45, 7) is 21.7. The van der Waals surface area contributed by atoms with Gasteiger partial charge in [0.1, 0.15) is 11.5 Å². The molecule has 0 bridgehead atoms. The van der Waals surface area contributed by atoms with Gasteiger partial charge in [0.2, 0.25) is 0 Å². The monoisotopic (exact) mass is 628 g/mol. The number of rotatable bonds is 10. The molecule has 0 aliphatic heterocycles. The van der Waals surface area contributed by atoms with E-state index in [-0.39, 0.29) is 46.2 Å². The van der Waals surface area contributed by atoms with Crippen molar-refractivity contribution in [1.82, 2.24) is 0 Å². The minimum atomic E-state index is -0.129. The van der Waals surface area contributed by atoms with Crippen LogP contribution in [0.25, 0.3) is 0 Å². The van der Waals surface area contributed by atoms with Crippen molar-refractivity contribution < 1.29 is 27.0 Å². The molecule has 0 unspecified atom stereocenters. The first kappa shape index (κ1) is 38.1. The SMILES string of the molecule is CCC(C)(CC)c1cc(C)cc(C=Nc2ccccc2N=Cc2cc(C(C)(C)C)cc(C(C)(CC)CC)c2O)c1O.[CH3-].[Co]. The fraction of sp³-hybridized carbons (Fsp3) is 0.447. The number of aromatic hydroxyl groups is 2. The molecule has 0 aromatic heterocycles. The van der Waals surface area contributed by atoms with E-state index in [0.29, 0.717) is 28.3 Å². The maximum Gasteiger partial charge on any atom is 0.128 e. The number of aryl methyl sites for hydroxylation is 1. The molecule has 0 spiro atoms.